The first-order valence-corrected chi connectivity index (χ1v) is 8.43. The van der Waals surface area contributed by atoms with Crippen molar-refractivity contribution in [3.8, 4) is 5.75 Å². The van der Waals surface area contributed by atoms with Gasteiger partial charge >= 0.3 is 0 Å². The predicted octanol–water partition coefficient (Wildman–Crippen LogP) is 3.16. The minimum atomic E-state index is -0.209. The van der Waals surface area contributed by atoms with Crippen LogP contribution in [0.2, 0.25) is 0 Å². The number of nitrogens with one attached hydrogen (secondary N) is 2. The zero-order chi connectivity index (χ0) is 18.1. The SMILES string of the molecule is CCCCNC(=O)c1cccc(C(=O)NCc2ccc(OC)cc2)c1. The molecule has 2 aromatic carbocycles. The average molecular weight is 340 g/mol. The van der Waals surface area contributed by atoms with Gasteiger partial charge in [0.25, 0.3) is 11.8 Å². The van der Waals surface area contributed by atoms with Crippen LogP contribution in [0.15, 0.2) is 48.5 Å². The molecule has 0 bridgehead atoms. The molecule has 0 unspecified atom stereocenters. The van der Waals surface area contributed by atoms with Crippen LogP contribution in [-0.2, 0) is 6.54 Å². The maximum Gasteiger partial charge on any atom is 0.251 e. The molecular weight excluding hydrogens is 316 g/mol. The Morgan fingerprint density at radius 3 is 2.20 bits per heavy atom. The first-order valence-electron chi connectivity index (χ1n) is 8.43. The van der Waals surface area contributed by atoms with Gasteiger partial charge in [-0.15, -0.1) is 0 Å². The first kappa shape index (κ1) is 18.5. The number of methoxy groups -OCH3 is 1. The van der Waals surface area contributed by atoms with Crippen molar-refractivity contribution >= 4 is 11.8 Å². The van der Waals surface area contributed by atoms with E-state index in [-0.39, 0.29) is 11.8 Å². The van der Waals surface area contributed by atoms with Crippen molar-refractivity contribution in [3.63, 3.8) is 0 Å². The Kier molecular flexibility index (Phi) is 7.01. The van der Waals surface area contributed by atoms with Crippen LogP contribution >= 0.6 is 0 Å². The second-order valence-electron chi connectivity index (χ2n) is 5.72. The highest BCUT2D eigenvalue weighted by Crippen LogP contribution is 2.11. The van der Waals surface area contributed by atoms with E-state index >= 15 is 0 Å². The van der Waals surface area contributed by atoms with E-state index in [1.807, 2.05) is 24.3 Å². The summed E-state index contributed by atoms with van der Waals surface area (Å²) in [5, 5.41) is 5.71. The Hall–Kier alpha value is -2.82. The quantitative estimate of drug-likeness (QED) is 0.726. The lowest BCUT2D eigenvalue weighted by molar-refractivity contribution is 0.0950. The molecule has 25 heavy (non-hydrogen) atoms. The lowest BCUT2D eigenvalue weighted by Gasteiger charge is -2.08. The van der Waals surface area contributed by atoms with Crippen molar-refractivity contribution in [2.45, 2.75) is 26.3 Å². The summed E-state index contributed by atoms with van der Waals surface area (Å²) in [6.07, 6.45) is 1.96. The molecule has 0 radical (unpaired) electrons. The van der Waals surface area contributed by atoms with E-state index < -0.39 is 0 Å². The number of hydrogen-bond donors (Lipinski definition) is 2. The molecule has 0 heterocycles. The summed E-state index contributed by atoms with van der Waals surface area (Å²) in [5.74, 6) is 0.411. The molecule has 2 N–H and O–H groups in total. The number of carbonyl (C=O) groups excluding carboxylic acids is 2. The Balaban J connectivity index is 1.94. The lowest BCUT2D eigenvalue weighted by atomic mass is 10.1. The Labute approximate surface area is 148 Å². The molecule has 2 rings (SSSR count). The third-order valence-electron chi connectivity index (χ3n) is 3.81. The molecule has 5 heteroatoms. The average Bonchev–Trinajstić information content (AvgIpc) is 2.66. The van der Waals surface area contributed by atoms with Gasteiger partial charge in [0.2, 0.25) is 0 Å². The Morgan fingerprint density at radius 1 is 0.960 bits per heavy atom. The predicted molar refractivity (Wildman–Crippen MR) is 97.8 cm³/mol. The highest BCUT2D eigenvalue weighted by molar-refractivity contribution is 5.99. The van der Waals surface area contributed by atoms with Crippen LogP contribution in [0.3, 0.4) is 0 Å². The van der Waals surface area contributed by atoms with E-state index in [2.05, 4.69) is 17.6 Å². The highest BCUT2D eigenvalue weighted by Gasteiger charge is 2.10. The van der Waals surface area contributed by atoms with E-state index in [4.69, 9.17) is 4.74 Å². The lowest BCUT2D eigenvalue weighted by Crippen LogP contribution is -2.26. The van der Waals surface area contributed by atoms with Gasteiger partial charge in [0.15, 0.2) is 0 Å². The van der Waals surface area contributed by atoms with Crippen molar-refractivity contribution in [3.05, 3.63) is 65.2 Å². The van der Waals surface area contributed by atoms with Gasteiger partial charge in [-0.05, 0) is 42.3 Å². The summed E-state index contributed by atoms with van der Waals surface area (Å²) in [6.45, 7) is 3.12. The number of ether oxygens (including phenoxy) is 1. The fourth-order valence-electron chi connectivity index (χ4n) is 2.31. The number of unbranched alkanes of at least 4 members (excludes halogenated alkanes) is 1. The molecule has 5 nitrogen and oxygen atoms in total. The van der Waals surface area contributed by atoms with E-state index in [9.17, 15) is 9.59 Å². The van der Waals surface area contributed by atoms with Gasteiger partial charge in [0.05, 0.1) is 7.11 Å². The van der Waals surface area contributed by atoms with Crippen molar-refractivity contribution in [1.82, 2.24) is 10.6 Å². The van der Waals surface area contributed by atoms with Crippen molar-refractivity contribution < 1.29 is 14.3 Å². The molecular formula is C20H24N2O3. The standard InChI is InChI=1S/C20H24N2O3/c1-3-4-12-21-19(23)16-6-5-7-17(13-16)20(24)22-14-15-8-10-18(25-2)11-9-15/h5-11,13H,3-4,12,14H2,1-2H3,(H,21,23)(H,22,24). The van der Waals surface area contributed by atoms with Crippen LogP contribution in [0.4, 0.5) is 0 Å². The number of rotatable bonds is 8. The van der Waals surface area contributed by atoms with Crippen molar-refractivity contribution in [1.29, 1.82) is 0 Å². The van der Waals surface area contributed by atoms with Gasteiger partial charge in [-0.3, -0.25) is 9.59 Å². The van der Waals surface area contributed by atoms with Crippen LogP contribution < -0.4 is 15.4 Å². The van der Waals surface area contributed by atoms with Gasteiger partial charge in [-0.1, -0.05) is 31.5 Å². The Bertz CT molecular complexity index is 711. The van der Waals surface area contributed by atoms with Gasteiger partial charge in [0, 0.05) is 24.2 Å². The van der Waals surface area contributed by atoms with Crippen molar-refractivity contribution in [2.24, 2.45) is 0 Å². The molecule has 2 amide bonds. The molecule has 132 valence electrons. The third kappa shape index (κ3) is 5.64. The van der Waals surface area contributed by atoms with Crippen LogP contribution in [0.5, 0.6) is 5.75 Å². The van der Waals surface area contributed by atoms with Crippen molar-refractivity contribution in [2.75, 3.05) is 13.7 Å². The monoisotopic (exact) mass is 340 g/mol. The summed E-state index contributed by atoms with van der Waals surface area (Å²) < 4.78 is 5.11. The maximum atomic E-state index is 12.3. The largest absolute Gasteiger partial charge is 0.497 e. The van der Waals surface area contributed by atoms with Gasteiger partial charge in [0.1, 0.15) is 5.75 Å². The summed E-state index contributed by atoms with van der Waals surface area (Å²) in [6, 6.07) is 14.2. The second-order valence-corrected chi connectivity index (χ2v) is 5.72. The fraction of sp³-hybridized carbons (Fsp3) is 0.300. The highest BCUT2D eigenvalue weighted by atomic mass is 16.5. The number of hydrogen-bond acceptors (Lipinski definition) is 3. The fourth-order valence-corrected chi connectivity index (χ4v) is 2.31. The number of benzene rings is 2. The normalized spacial score (nSPS) is 10.2. The molecule has 0 fully saturated rings. The molecule has 0 spiro atoms. The van der Waals surface area contributed by atoms with E-state index in [0.29, 0.717) is 24.2 Å². The van der Waals surface area contributed by atoms with Crippen LogP contribution in [0, 0.1) is 0 Å². The van der Waals surface area contributed by atoms with E-state index in [1.54, 1.807) is 31.4 Å². The molecule has 2 aromatic rings. The van der Waals surface area contributed by atoms with Gasteiger partial charge in [-0.25, -0.2) is 0 Å². The molecule has 0 aromatic heterocycles. The van der Waals surface area contributed by atoms with Crippen LogP contribution in [-0.4, -0.2) is 25.5 Å². The van der Waals surface area contributed by atoms with E-state index in [1.165, 1.54) is 0 Å². The first-order chi connectivity index (χ1) is 12.1. The van der Waals surface area contributed by atoms with Crippen LogP contribution in [0.1, 0.15) is 46.0 Å². The Morgan fingerprint density at radius 2 is 1.60 bits per heavy atom. The molecule has 0 saturated carbocycles. The molecule has 0 aliphatic heterocycles. The summed E-state index contributed by atoms with van der Waals surface area (Å²) >= 11 is 0. The summed E-state index contributed by atoms with van der Waals surface area (Å²) in [7, 11) is 1.61. The maximum absolute atomic E-state index is 12.3. The number of amides is 2. The minimum Gasteiger partial charge on any atom is -0.497 e. The smallest absolute Gasteiger partial charge is 0.251 e. The zero-order valence-electron chi connectivity index (χ0n) is 14.7. The van der Waals surface area contributed by atoms with Crippen LogP contribution in [0.25, 0.3) is 0 Å². The number of carbonyl (C=O) groups is 2. The second kappa shape index (κ2) is 9.47. The zero-order valence-corrected chi connectivity index (χ0v) is 14.7. The van der Waals surface area contributed by atoms with E-state index in [0.717, 1.165) is 24.2 Å². The molecule has 0 aliphatic carbocycles. The summed E-state index contributed by atoms with van der Waals surface area (Å²) in [4.78, 5) is 24.4. The van der Waals surface area contributed by atoms with Gasteiger partial charge < -0.3 is 15.4 Å². The molecule has 0 atom stereocenters. The molecule has 0 saturated heterocycles. The summed E-state index contributed by atoms with van der Waals surface area (Å²) in [5.41, 5.74) is 1.94. The topological polar surface area (TPSA) is 67.4 Å². The minimum absolute atomic E-state index is 0.154. The third-order valence-corrected chi connectivity index (χ3v) is 3.81. The molecule has 0 aliphatic rings. The van der Waals surface area contributed by atoms with Gasteiger partial charge in [-0.2, -0.15) is 0 Å².